The number of para-hydroxylation sites is 1. The van der Waals surface area contributed by atoms with Crippen molar-refractivity contribution in [1.29, 1.82) is 15.8 Å². The Morgan fingerprint density at radius 2 is 1.57 bits per heavy atom. The first-order valence-corrected chi connectivity index (χ1v) is 6.79. The van der Waals surface area contributed by atoms with Gasteiger partial charge >= 0.3 is 0 Å². The average molecular weight is 321 g/mol. The van der Waals surface area contributed by atoms with Gasteiger partial charge in [0.05, 0.1) is 5.02 Å². The lowest BCUT2D eigenvalue weighted by Gasteiger charge is -2.09. The van der Waals surface area contributed by atoms with E-state index in [1.54, 1.807) is 60.7 Å². The number of anilines is 1. The first kappa shape index (κ1) is 15.9. The fraction of sp³-hybridized carbons (Fsp3) is 0. The predicted octanol–water partition coefficient (Wildman–Crippen LogP) is 4.37. The molecule has 0 heterocycles. The van der Waals surface area contributed by atoms with Crippen LogP contribution in [0.5, 0.6) is 11.5 Å². The fourth-order valence-electron chi connectivity index (χ4n) is 1.69. The largest absolute Gasteiger partial charge is 0.456 e. The van der Waals surface area contributed by atoms with Gasteiger partial charge in [0.15, 0.2) is 5.57 Å². The lowest BCUT2D eigenvalue weighted by atomic mass is 10.2. The summed E-state index contributed by atoms with van der Waals surface area (Å²) in [5, 5.41) is 29.8. The molecule has 0 aliphatic carbocycles. The molecule has 2 aromatic rings. The van der Waals surface area contributed by atoms with E-state index in [0.29, 0.717) is 22.2 Å². The minimum Gasteiger partial charge on any atom is -0.456 e. The third-order valence-electron chi connectivity index (χ3n) is 2.77. The van der Waals surface area contributed by atoms with Crippen molar-refractivity contribution in [3.05, 3.63) is 64.8 Å². The molecule has 0 aliphatic rings. The van der Waals surface area contributed by atoms with Gasteiger partial charge in [-0.15, -0.1) is 0 Å². The van der Waals surface area contributed by atoms with Gasteiger partial charge in [0.2, 0.25) is 0 Å². The van der Waals surface area contributed by atoms with Crippen LogP contribution in [0.2, 0.25) is 5.02 Å². The van der Waals surface area contributed by atoms with E-state index in [0.717, 1.165) is 0 Å². The molecule has 0 aliphatic heterocycles. The normalized spacial score (nSPS) is 8.96. The number of nitriles is 3. The Morgan fingerprint density at radius 1 is 0.913 bits per heavy atom. The van der Waals surface area contributed by atoms with E-state index < -0.39 is 0 Å². The highest BCUT2D eigenvalue weighted by Gasteiger charge is 2.07. The minimum atomic E-state index is -0.274. The lowest BCUT2D eigenvalue weighted by Crippen LogP contribution is -2.00. The second-order valence-corrected chi connectivity index (χ2v) is 4.67. The van der Waals surface area contributed by atoms with Crippen LogP contribution in [-0.2, 0) is 0 Å². The Kier molecular flexibility index (Phi) is 5.21. The molecule has 0 bridgehead atoms. The number of allylic oxidation sites excluding steroid dienone is 2. The van der Waals surface area contributed by atoms with Crippen molar-refractivity contribution < 1.29 is 4.74 Å². The van der Waals surface area contributed by atoms with Crippen LogP contribution in [0.4, 0.5) is 5.69 Å². The third-order valence-corrected chi connectivity index (χ3v) is 3.09. The lowest BCUT2D eigenvalue weighted by molar-refractivity contribution is 0.483. The molecule has 5 nitrogen and oxygen atoms in total. The van der Waals surface area contributed by atoms with Gasteiger partial charge in [-0.2, -0.15) is 15.8 Å². The smallest absolute Gasteiger partial charge is 0.163 e. The summed E-state index contributed by atoms with van der Waals surface area (Å²) in [7, 11) is 0. The molecule has 6 heteroatoms. The molecule has 2 rings (SSSR count). The zero-order valence-corrected chi connectivity index (χ0v) is 12.5. The summed E-state index contributed by atoms with van der Waals surface area (Å²) in [6, 6.07) is 18.9. The van der Waals surface area contributed by atoms with Crippen LogP contribution in [0.15, 0.2) is 59.8 Å². The number of hydrogen-bond acceptors (Lipinski definition) is 5. The van der Waals surface area contributed by atoms with Crippen LogP contribution >= 0.6 is 11.6 Å². The highest BCUT2D eigenvalue weighted by atomic mass is 35.5. The van der Waals surface area contributed by atoms with Crippen LogP contribution in [-0.4, -0.2) is 0 Å². The summed E-state index contributed by atoms with van der Waals surface area (Å²) in [4.78, 5) is 0. The molecule has 0 unspecified atom stereocenters. The maximum absolute atomic E-state index is 8.99. The highest BCUT2D eigenvalue weighted by molar-refractivity contribution is 6.32. The summed E-state index contributed by atoms with van der Waals surface area (Å²) in [6.45, 7) is 0. The first-order valence-electron chi connectivity index (χ1n) is 6.42. The molecule has 0 atom stereocenters. The molecule has 0 saturated carbocycles. The van der Waals surface area contributed by atoms with Crippen molar-refractivity contribution in [2.45, 2.75) is 0 Å². The van der Waals surface area contributed by atoms with Crippen molar-refractivity contribution >= 4 is 17.3 Å². The van der Waals surface area contributed by atoms with Crippen molar-refractivity contribution in [2.24, 2.45) is 0 Å². The zero-order chi connectivity index (χ0) is 16.7. The van der Waals surface area contributed by atoms with Crippen LogP contribution in [0, 0.1) is 34.0 Å². The van der Waals surface area contributed by atoms with E-state index in [4.69, 9.17) is 32.1 Å². The SMILES string of the molecule is N#CC(C#N)=C(C#N)Nc1ccc(Oc2ccccc2Cl)cc1. The Hall–Kier alpha value is -3.46. The number of ether oxygens (including phenoxy) is 1. The van der Waals surface area contributed by atoms with E-state index in [1.165, 1.54) is 0 Å². The summed E-state index contributed by atoms with van der Waals surface area (Å²) in [6.07, 6.45) is 0. The number of benzene rings is 2. The van der Waals surface area contributed by atoms with Gasteiger partial charge in [0.1, 0.15) is 35.4 Å². The summed E-state index contributed by atoms with van der Waals surface area (Å²) in [5.74, 6) is 1.09. The molecule has 0 spiro atoms. The number of rotatable bonds is 4. The molecule has 2 aromatic carbocycles. The predicted molar refractivity (Wildman–Crippen MR) is 85.5 cm³/mol. The molecule has 0 amide bonds. The molecular formula is C17H9ClN4O. The first-order chi connectivity index (χ1) is 11.2. The number of halogens is 1. The fourth-order valence-corrected chi connectivity index (χ4v) is 1.86. The van der Waals surface area contributed by atoms with E-state index in [9.17, 15) is 0 Å². The van der Waals surface area contributed by atoms with Crippen LogP contribution in [0.25, 0.3) is 0 Å². The molecule has 110 valence electrons. The van der Waals surface area contributed by atoms with Gasteiger partial charge in [0, 0.05) is 5.69 Å². The van der Waals surface area contributed by atoms with Gasteiger partial charge in [-0.3, -0.25) is 0 Å². The quantitative estimate of drug-likeness (QED) is 0.844. The second-order valence-electron chi connectivity index (χ2n) is 4.27. The topological polar surface area (TPSA) is 92.6 Å². The highest BCUT2D eigenvalue weighted by Crippen LogP contribution is 2.29. The van der Waals surface area contributed by atoms with Gasteiger partial charge in [-0.05, 0) is 36.4 Å². The summed E-state index contributed by atoms with van der Waals surface area (Å²) in [5.41, 5.74) is 0.176. The summed E-state index contributed by atoms with van der Waals surface area (Å²) < 4.78 is 5.64. The summed E-state index contributed by atoms with van der Waals surface area (Å²) >= 11 is 6.02. The third kappa shape index (κ3) is 4.02. The Morgan fingerprint density at radius 3 is 2.13 bits per heavy atom. The minimum absolute atomic E-state index is 0.102. The van der Waals surface area contributed by atoms with Gasteiger partial charge in [0.25, 0.3) is 0 Å². The maximum atomic E-state index is 8.99. The van der Waals surface area contributed by atoms with Crippen molar-refractivity contribution in [2.75, 3.05) is 5.32 Å². The van der Waals surface area contributed by atoms with Crippen molar-refractivity contribution in [3.63, 3.8) is 0 Å². The molecule has 23 heavy (non-hydrogen) atoms. The van der Waals surface area contributed by atoms with E-state index in [2.05, 4.69) is 5.32 Å². The molecule has 1 N–H and O–H groups in total. The van der Waals surface area contributed by atoms with Crippen molar-refractivity contribution in [1.82, 2.24) is 0 Å². The van der Waals surface area contributed by atoms with Crippen LogP contribution in [0.3, 0.4) is 0 Å². The monoisotopic (exact) mass is 320 g/mol. The van der Waals surface area contributed by atoms with Gasteiger partial charge < -0.3 is 10.1 Å². The molecule has 0 saturated heterocycles. The Labute approximate surface area is 138 Å². The zero-order valence-electron chi connectivity index (χ0n) is 11.7. The standard InChI is InChI=1S/C17H9ClN4O/c18-15-3-1-2-4-17(15)23-14-7-5-13(6-8-14)22-16(11-21)12(9-19)10-20/h1-8,22H. The number of nitrogens with one attached hydrogen (secondary N) is 1. The number of hydrogen-bond donors (Lipinski definition) is 1. The average Bonchev–Trinajstić information content (AvgIpc) is 2.58. The maximum Gasteiger partial charge on any atom is 0.163 e. The van der Waals surface area contributed by atoms with Gasteiger partial charge in [-0.25, -0.2) is 0 Å². The van der Waals surface area contributed by atoms with Crippen LogP contribution < -0.4 is 10.1 Å². The van der Waals surface area contributed by atoms with E-state index >= 15 is 0 Å². The molecule has 0 radical (unpaired) electrons. The second kappa shape index (κ2) is 7.52. The molecule has 0 aromatic heterocycles. The molecular weight excluding hydrogens is 312 g/mol. The number of nitrogens with zero attached hydrogens (tertiary/aromatic N) is 3. The Bertz CT molecular complexity index is 851. The van der Waals surface area contributed by atoms with Crippen molar-refractivity contribution in [3.8, 4) is 29.7 Å². The van der Waals surface area contributed by atoms with Gasteiger partial charge in [-0.1, -0.05) is 23.7 Å². The Balaban J connectivity index is 2.17. The molecule has 0 fully saturated rings. The van der Waals surface area contributed by atoms with Crippen LogP contribution in [0.1, 0.15) is 0 Å². The van der Waals surface area contributed by atoms with E-state index in [1.807, 2.05) is 6.07 Å². The van der Waals surface area contributed by atoms with E-state index in [-0.39, 0.29) is 11.3 Å².